The number of aromatic nitrogens is 1. The summed E-state index contributed by atoms with van der Waals surface area (Å²) in [4.78, 5) is 15.6. The van der Waals surface area contributed by atoms with Gasteiger partial charge in [0.2, 0.25) is 0 Å². The van der Waals surface area contributed by atoms with Gasteiger partial charge in [-0.2, -0.15) is 0 Å². The Morgan fingerprint density at radius 1 is 1.32 bits per heavy atom. The number of hydrogen-bond donors (Lipinski definition) is 1. The zero-order chi connectivity index (χ0) is 15.9. The van der Waals surface area contributed by atoms with Gasteiger partial charge in [-0.05, 0) is 30.2 Å². The molecule has 0 unspecified atom stereocenters. The zero-order valence-electron chi connectivity index (χ0n) is 12.2. The van der Waals surface area contributed by atoms with Gasteiger partial charge in [0.15, 0.2) is 5.75 Å². The Morgan fingerprint density at radius 2 is 2.05 bits per heavy atom. The number of rotatable bonds is 6. The monoisotopic (exact) mass is 320 g/mol. The second kappa shape index (κ2) is 7.77. The van der Waals surface area contributed by atoms with Crippen LogP contribution in [0.3, 0.4) is 0 Å². The molecule has 6 heteroatoms. The van der Waals surface area contributed by atoms with Crippen molar-refractivity contribution >= 4 is 17.6 Å². The first kappa shape index (κ1) is 16.3. The molecule has 116 valence electrons. The van der Waals surface area contributed by atoms with Crippen molar-refractivity contribution in [3.8, 4) is 5.75 Å². The highest BCUT2D eigenvalue weighted by atomic mass is 35.5. The molecule has 1 aromatic carbocycles. The van der Waals surface area contributed by atoms with Crippen molar-refractivity contribution in [2.45, 2.75) is 12.5 Å². The quantitative estimate of drug-likeness (QED) is 0.828. The van der Waals surface area contributed by atoms with Crippen LogP contribution >= 0.6 is 11.6 Å². The summed E-state index contributed by atoms with van der Waals surface area (Å²) in [5, 5.41) is 0.687. The van der Waals surface area contributed by atoms with E-state index < -0.39 is 5.97 Å². The van der Waals surface area contributed by atoms with Gasteiger partial charge in [0.1, 0.15) is 12.2 Å². The molecule has 1 aromatic heterocycles. The summed E-state index contributed by atoms with van der Waals surface area (Å²) in [5.74, 6) is -0.107. The minimum Gasteiger partial charge on any atom is -0.489 e. The average Bonchev–Trinajstić information content (AvgIpc) is 2.54. The van der Waals surface area contributed by atoms with Crippen LogP contribution in [-0.4, -0.2) is 30.7 Å². The van der Waals surface area contributed by atoms with Gasteiger partial charge in [0, 0.05) is 17.3 Å². The summed E-state index contributed by atoms with van der Waals surface area (Å²) in [6, 6.07) is 8.82. The van der Waals surface area contributed by atoms with E-state index >= 15 is 0 Å². The van der Waals surface area contributed by atoms with Crippen LogP contribution in [0.1, 0.15) is 15.9 Å². The number of methoxy groups -OCH3 is 1. The van der Waals surface area contributed by atoms with Crippen LogP contribution in [0.25, 0.3) is 0 Å². The maximum absolute atomic E-state index is 11.6. The number of esters is 1. The largest absolute Gasteiger partial charge is 0.489 e. The van der Waals surface area contributed by atoms with E-state index in [9.17, 15) is 4.79 Å². The van der Waals surface area contributed by atoms with Crippen LogP contribution in [0.4, 0.5) is 0 Å². The standard InChI is InChI=1S/C16H17ClN2O3/c1-21-16(20)14-6-7-19-9-15(14)22-10-13(18)8-11-2-4-12(17)5-3-11/h2-7,9,13H,8,10,18H2,1H3/t13-/m0/s1. The Morgan fingerprint density at radius 3 is 2.73 bits per heavy atom. The molecular formula is C16H17ClN2O3. The molecule has 5 nitrogen and oxygen atoms in total. The van der Waals surface area contributed by atoms with E-state index in [4.69, 9.17) is 26.8 Å². The van der Waals surface area contributed by atoms with Crippen molar-refractivity contribution in [3.63, 3.8) is 0 Å². The normalized spacial score (nSPS) is 11.8. The summed E-state index contributed by atoms with van der Waals surface area (Å²) < 4.78 is 10.3. The maximum atomic E-state index is 11.6. The summed E-state index contributed by atoms with van der Waals surface area (Å²) >= 11 is 5.84. The Bertz CT molecular complexity index is 632. The van der Waals surface area contributed by atoms with E-state index in [0.717, 1.165) is 5.56 Å². The van der Waals surface area contributed by atoms with Gasteiger partial charge in [-0.1, -0.05) is 23.7 Å². The fourth-order valence-corrected chi connectivity index (χ4v) is 2.08. The molecule has 0 saturated heterocycles. The first-order valence-corrected chi connectivity index (χ1v) is 7.13. The van der Waals surface area contributed by atoms with Crippen LogP contribution < -0.4 is 10.5 Å². The molecule has 0 spiro atoms. The molecule has 0 amide bonds. The molecule has 0 aliphatic heterocycles. The Hall–Kier alpha value is -2.11. The Balaban J connectivity index is 1.95. The van der Waals surface area contributed by atoms with Gasteiger partial charge in [-0.3, -0.25) is 4.98 Å². The minimum absolute atomic E-state index is 0.216. The molecule has 0 fully saturated rings. The van der Waals surface area contributed by atoms with E-state index in [0.29, 0.717) is 22.8 Å². The number of carbonyl (C=O) groups is 1. The third-order valence-electron chi connectivity index (χ3n) is 3.05. The highest BCUT2D eigenvalue weighted by Gasteiger charge is 2.14. The van der Waals surface area contributed by atoms with Gasteiger partial charge in [-0.25, -0.2) is 4.79 Å². The molecule has 0 saturated carbocycles. The van der Waals surface area contributed by atoms with Gasteiger partial charge < -0.3 is 15.2 Å². The number of pyridine rings is 1. The number of benzene rings is 1. The number of hydrogen-bond acceptors (Lipinski definition) is 5. The first-order chi connectivity index (χ1) is 10.6. The highest BCUT2D eigenvalue weighted by Crippen LogP contribution is 2.18. The van der Waals surface area contributed by atoms with Gasteiger partial charge in [0.05, 0.1) is 13.3 Å². The van der Waals surface area contributed by atoms with Crippen molar-refractivity contribution in [2.75, 3.05) is 13.7 Å². The number of ether oxygens (including phenoxy) is 2. The lowest BCUT2D eigenvalue weighted by molar-refractivity contribution is 0.0595. The van der Waals surface area contributed by atoms with Crippen molar-refractivity contribution < 1.29 is 14.3 Å². The number of nitrogens with zero attached hydrogens (tertiary/aromatic N) is 1. The van der Waals surface area contributed by atoms with Gasteiger partial charge in [-0.15, -0.1) is 0 Å². The summed E-state index contributed by atoms with van der Waals surface area (Å²) in [6.45, 7) is 0.262. The van der Waals surface area contributed by atoms with E-state index in [-0.39, 0.29) is 12.6 Å². The highest BCUT2D eigenvalue weighted by molar-refractivity contribution is 6.30. The lowest BCUT2D eigenvalue weighted by Gasteiger charge is -2.14. The van der Waals surface area contributed by atoms with Crippen LogP contribution in [-0.2, 0) is 11.2 Å². The molecule has 2 N–H and O–H groups in total. The number of carbonyl (C=O) groups excluding carboxylic acids is 1. The van der Waals surface area contributed by atoms with Crippen LogP contribution in [0.15, 0.2) is 42.7 Å². The third kappa shape index (κ3) is 4.44. The third-order valence-corrected chi connectivity index (χ3v) is 3.31. The van der Waals surface area contributed by atoms with Crippen molar-refractivity contribution in [1.82, 2.24) is 4.98 Å². The topological polar surface area (TPSA) is 74.4 Å². The summed E-state index contributed by atoms with van der Waals surface area (Å²) in [5.41, 5.74) is 7.45. The molecule has 0 aliphatic carbocycles. The van der Waals surface area contributed by atoms with E-state index in [2.05, 4.69) is 4.98 Å². The van der Waals surface area contributed by atoms with E-state index in [1.165, 1.54) is 19.5 Å². The first-order valence-electron chi connectivity index (χ1n) is 6.75. The fourth-order valence-electron chi connectivity index (χ4n) is 1.95. The lowest BCUT2D eigenvalue weighted by atomic mass is 10.1. The van der Waals surface area contributed by atoms with E-state index in [1.807, 2.05) is 24.3 Å². The predicted octanol–water partition coefficient (Wildman–Crippen LogP) is 2.47. The molecule has 22 heavy (non-hydrogen) atoms. The molecule has 0 aliphatic rings. The molecular weight excluding hydrogens is 304 g/mol. The SMILES string of the molecule is COC(=O)c1ccncc1OC[C@@H](N)Cc1ccc(Cl)cc1. The fraction of sp³-hybridized carbons (Fsp3) is 0.250. The Labute approximate surface area is 134 Å². The van der Waals surface area contributed by atoms with Crippen molar-refractivity contribution in [2.24, 2.45) is 5.73 Å². The second-order valence-electron chi connectivity index (χ2n) is 4.77. The zero-order valence-corrected chi connectivity index (χ0v) is 12.9. The molecule has 1 heterocycles. The van der Waals surface area contributed by atoms with Crippen molar-refractivity contribution in [3.05, 3.63) is 58.9 Å². The number of nitrogens with two attached hydrogens (primary N) is 1. The van der Waals surface area contributed by atoms with Gasteiger partial charge >= 0.3 is 5.97 Å². The second-order valence-corrected chi connectivity index (χ2v) is 5.20. The molecule has 2 aromatic rings. The summed E-state index contributed by atoms with van der Waals surface area (Å²) in [7, 11) is 1.32. The predicted molar refractivity (Wildman–Crippen MR) is 84.2 cm³/mol. The average molecular weight is 321 g/mol. The maximum Gasteiger partial charge on any atom is 0.341 e. The molecule has 0 radical (unpaired) electrons. The van der Waals surface area contributed by atoms with Crippen LogP contribution in [0.2, 0.25) is 5.02 Å². The van der Waals surface area contributed by atoms with Gasteiger partial charge in [0.25, 0.3) is 0 Å². The minimum atomic E-state index is -0.469. The van der Waals surface area contributed by atoms with Crippen molar-refractivity contribution in [1.29, 1.82) is 0 Å². The molecule has 2 rings (SSSR count). The molecule has 1 atom stereocenters. The lowest BCUT2D eigenvalue weighted by Crippen LogP contribution is -2.30. The smallest absolute Gasteiger partial charge is 0.341 e. The van der Waals surface area contributed by atoms with Crippen LogP contribution in [0, 0.1) is 0 Å². The Kier molecular flexibility index (Phi) is 5.75. The molecule has 0 bridgehead atoms. The van der Waals surface area contributed by atoms with E-state index in [1.54, 1.807) is 6.07 Å². The van der Waals surface area contributed by atoms with Crippen LogP contribution in [0.5, 0.6) is 5.75 Å². The summed E-state index contributed by atoms with van der Waals surface area (Å²) in [6.07, 6.45) is 3.62. The number of halogens is 1.